The largest absolute Gasteiger partial charge is 0.310 e. The van der Waals surface area contributed by atoms with Crippen molar-refractivity contribution < 1.29 is 0 Å². The van der Waals surface area contributed by atoms with E-state index >= 15 is 0 Å². The van der Waals surface area contributed by atoms with Gasteiger partial charge in [-0.25, -0.2) is 0 Å². The highest BCUT2D eigenvalue weighted by Gasteiger charge is 2.35. The first-order valence-electron chi connectivity index (χ1n) is 17.7. The van der Waals surface area contributed by atoms with Gasteiger partial charge in [0.25, 0.3) is 0 Å². The SMILES string of the molecule is C=C(CC)c1c(/C=C\C)c2ccc(N(c3ccc(-c4ccccc4)cc3)c3ccc4c(c3)C(C)(C)c3ccccc3-4)cc2n1-c1ccccc1. The van der Waals surface area contributed by atoms with Gasteiger partial charge in [-0.15, -0.1) is 0 Å². The molecule has 0 N–H and O–H groups in total. The van der Waals surface area contributed by atoms with Crippen LogP contribution in [0.15, 0.2) is 158 Å². The predicted octanol–water partition coefficient (Wildman–Crippen LogP) is 13.5. The molecule has 6 aromatic carbocycles. The zero-order chi connectivity index (χ0) is 34.4. The zero-order valence-corrected chi connectivity index (χ0v) is 29.3. The van der Waals surface area contributed by atoms with Crippen LogP contribution in [0.5, 0.6) is 0 Å². The molecule has 0 spiro atoms. The number of anilines is 3. The Morgan fingerprint density at radius 1 is 0.660 bits per heavy atom. The van der Waals surface area contributed by atoms with Crippen LogP contribution in [0.3, 0.4) is 0 Å². The number of para-hydroxylation sites is 1. The lowest BCUT2D eigenvalue weighted by Crippen LogP contribution is -2.16. The van der Waals surface area contributed by atoms with Gasteiger partial charge in [0.15, 0.2) is 0 Å². The molecular weight excluding hydrogens is 605 g/mol. The molecule has 1 aromatic heterocycles. The number of aromatic nitrogens is 1. The summed E-state index contributed by atoms with van der Waals surface area (Å²) in [6.07, 6.45) is 5.24. The monoisotopic (exact) mass is 646 g/mol. The van der Waals surface area contributed by atoms with Crippen molar-refractivity contribution in [2.45, 2.75) is 39.5 Å². The van der Waals surface area contributed by atoms with Crippen molar-refractivity contribution in [3.05, 3.63) is 181 Å². The van der Waals surface area contributed by atoms with Crippen molar-refractivity contribution in [3.63, 3.8) is 0 Å². The molecule has 50 heavy (non-hydrogen) atoms. The number of nitrogens with zero attached hydrogens (tertiary/aromatic N) is 2. The fraction of sp³-hybridized carbons (Fsp3) is 0.125. The maximum atomic E-state index is 4.55. The maximum Gasteiger partial charge on any atom is 0.0566 e. The smallest absolute Gasteiger partial charge is 0.0566 e. The van der Waals surface area contributed by atoms with Crippen LogP contribution in [-0.2, 0) is 5.41 Å². The van der Waals surface area contributed by atoms with Gasteiger partial charge in [-0.05, 0) is 101 Å². The van der Waals surface area contributed by atoms with E-state index < -0.39 is 0 Å². The lowest BCUT2D eigenvalue weighted by atomic mass is 9.82. The fourth-order valence-electron chi connectivity index (χ4n) is 7.85. The molecule has 0 bridgehead atoms. The van der Waals surface area contributed by atoms with Crippen molar-refractivity contribution >= 4 is 39.6 Å². The summed E-state index contributed by atoms with van der Waals surface area (Å²) in [7, 11) is 0. The van der Waals surface area contributed by atoms with Crippen molar-refractivity contribution in [2.75, 3.05) is 4.90 Å². The van der Waals surface area contributed by atoms with Gasteiger partial charge in [-0.3, -0.25) is 0 Å². The Morgan fingerprint density at radius 3 is 1.98 bits per heavy atom. The third-order valence-corrected chi connectivity index (χ3v) is 10.4. The summed E-state index contributed by atoms with van der Waals surface area (Å²) in [4.78, 5) is 2.42. The van der Waals surface area contributed by atoms with Gasteiger partial charge in [0.1, 0.15) is 0 Å². The minimum Gasteiger partial charge on any atom is -0.310 e. The van der Waals surface area contributed by atoms with Crippen molar-refractivity contribution in [1.82, 2.24) is 4.57 Å². The summed E-state index contributed by atoms with van der Waals surface area (Å²) in [6, 6.07) is 53.1. The average molecular weight is 647 g/mol. The van der Waals surface area contributed by atoms with E-state index in [2.05, 4.69) is 201 Å². The predicted molar refractivity (Wildman–Crippen MR) is 215 cm³/mol. The van der Waals surface area contributed by atoms with Crippen LogP contribution in [0.4, 0.5) is 17.1 Å². The molecule has 1 aliphatic rings. The van der Waals surface area contributed by atoms with E-state index in [9.17, 15) is 0 Å². The molecule has 0 atom stereocenters. The summed E-state index contributed by atoms with van der Waals surface area (Å²) in [5.41, 5.74) is 16.8. The number of allylic oxidation sites excluding steroid dienone is 2. The van der Waals surface area contributed by atoms with E-state index in [1.54, 1.807) is 0 Å². The quantitative estimate of drug-likeness (QED) is 0.159. The lowest BCUT2D eigenvalue weighted by Gasteiger charge is -2.28. The highest BCUT2D eigenvalue weighted by atomic mass is 15.1. The lowest BCUT2D eigenvalue weighted by molar-refractivity contribution is 0.660. The molecule has 1 heterocycles. The van der Waals surface area contributed by atoms with Crippen LogP contribution in [0.2, 0.25) is 0 Å². The molecule has 2 nitrogen and oxygen atoms in total. The first-order chi connectivity index (χ1) is 24.4. The van der Waals surface area contributed by atoms with E-state index in [1.165, 1.54) is 50.0 Å². The van der Waals surface area contributed by atoms with Crippen LogP contribution in [-0.4, -0.2) is 4.57 Å². The van der Waals surface area contributed by atoms with Gasteiger partial charge in [-0.2, -0.15) is 0 Å². The molecule has 0 saturated heterocycles. The number of rotatable bonds is 8. The van der Waals surface area contributed by atoms with Crippen LogP contribution in [0.25, 0.3) is 50.5 Å². The minimum atomic E-state index is -0.104. The van der Waals surface area contributed by atoms with Gasteiger partial charge >= 0.3 is 0 Å². The third kappa shape index (κ3) is 5.11. The standard InChI is InChI=1S/C48H42N2/c1-6-16-43-42-30-28-39(32-46(42)50(47(43)33(3)7-2)36-19-12-9-13-20-36)49(37-25-23-35(24-26-37)34-17-10-8-11-18-34)38-27-29-41-40-21-14-15-22-44(40)48(4,5)45(41)31-38/h6,8-32H,3,7H2,1-2,4-5H3/b16-6-. The molecule has 0 radical (unpaired) electrons. The highest BCUT2D eigenvalue weighted by molar-refractivity contribution is 5.99. The third-order valence-electron chi connectivity index (χ3n) is 10.4. The molecule has 0 fully saturated rings. The Bertz CT molecular complexity index is 2390. The van der Waals surface area contributed by atoms with E-state index in [0.29, 0.717) is 0 Å². The molecule has 0 aliphatic heterocycles. The van der Waals surface area contributed by atoms with Gasteiger partial charge in [0.05, 0.1) is 11.2 Å². The summed E-state index contributed by atoms with van der Waals surface area (Å²) in [6.45, 7) is 13.5. The first kappa shape index (κ1) is 31.4. The van der Waals surface area contributed by atoms with Crippen LogP contribution in [0, 0.1) is 0 Å². The molecule has 0 amide bonds. The molecule has 0 unspecified atom stereocenters. The number of hydrogen-bond donors (Lipinski definition) is 0. The second-order valence-electron chi connectivity index (χ2n) is 13.7. The first-order valence-corrected chi connectivity index (χ1v) is 17.7. The molecule has 8 rings (SSSR count). The molecule has 0 saturated carbocycles. The Morgan fingerprint density at radius 2 is 1.26 bits per heavy atom. The summed E-state index contributed by atoms with van der Waals surface area (Å²) in [5.74, 6) is 0. The normalized spacial score (nSPS) is 13.0. The van der Waals surface area contributed by atoms with Crippen LogP contribution >= 0.6 is 0 Å². The number of benzene rings is 6. The minimum absolute atomic E-state index is 0.104. The second kappa shape index (κ2) is 12.5. The summed E-state index contributed by atoms with van der Waals surface area (Å²) >= 11 is 0. The molecule has 7 aromatic rings. The van der Waals surface area contributed by atoms with E-state index in [1.807, 2.05) is 0 Å². The van der Waals surface area contributed by atoms with Gasteiger partial charge < -0.3 is 9.47 Å². The van der Waals surface area contributed by atoms with Gasteiger partial charge in [0, 0.05) is 39.1 Å². The fourth-order valence-corrected chi connectivity index (χ4v) is 7.85. The summed E-state index contributed by atoms with van der Waals surface area (Å²) in [5, 5.41) is 1.21. The van der Waals surface area contributed by atoms with E-state index in [4.69, 9.17) is 0 Å². The Balaban J connectivity index is 1.36. The van der Waals surface area contributed by atoms with Crippen LogP contribution in [0.1, 0.15) is 56.5 Å². The highest BCUT2D eigenvalue weighted by Crippen LogP contribution is 2.51. The number of hydrogen-bond acceptors (Lipinski definition) is 1. The molecular formula is C48H42N2. The zero-order valence-electron chi connectivity index (χ0n) is 29.3. The molecule has 2 heteroatoms. The Hall–Kier alpha value is -5.86. The number of fused-ring (bicyclic) bond motifs is 4. The van der Waals surface area contributed by atoms with Crippen molar-refractivity contribution in [3.8, 4) is 27.9 Å². The van der Waals surface area contributed by atoms with Crippen molar-refractivity contribution in [1.29, 1.82) is 0 Å². The van der Waals surface area contributed by atoms with Crippen LogP contribution < -0.4 is 4.90 Å². The van der Waals surface area contributed by atoms with E-state index in [0.717, 1.165) is 40.3 Å². The van der Waals surface area contributed by atoms with E-state index in [-0.39, 0.29) is 5.41 Å². The average Bonchev–Trinajstić information content (AvgIpc) is 3.60. The summed E-state index contributed by atoms with van der Waals surface area (Å²) < 4.78 is 2.40. The second-order valence-corrected chi connectivity index (χ2v) is 13.7. The van der Waals surface area contributed by atoms with Gasteiger partial charge in [-0.1, -0.05) is 137 Å². The Labute approximate surface area is 296 Å². The van der Waals surface area contributed by atoms with Gasteiger partial charge in [0.2, 0.25) is 0 Å². The maximum absolute atomic E-state index is 4.55. The molecule has 1 aliphatic carbocycles. The molecule has 244 valence electrons. The van der Waals surface area contributed by atoms with Crippen molar-refractivity contribution in [2.24, 2.45) is 0 Å². The Kier molecular flexibility index (Phi) is 7.88. The topological polar surface area (TPSA) is 8.17 Å².